The first-order valence-corrected chi connectivity index (χ1v) is 8.49. The fourth-order valence-electron chi connectivity index (χ4n) is 2.87. The van der Waals surface area contributed by atoms with Crippen molar-refractivity contribution in [3.05, 3.63) is 83.9 Å². The van der Waals surface area contributed by atoms with Gasteiger partial charge in [-0.2, -0.15) is 10.2 Å². The molecule has 0 aliphatic heterocycles. The highest BCUT2D eigenvalue weighted by molar-refractivity contribution is 5.82. The maximum atomic E-state index is 9.35. The normalized spacial score (nSPS) is 11.0. The molecule has 4 rings (SSSR count). The molecule has 0 unspecified atom stereocenters. The van der Waals surface area contributed by atoms with Crippen LogP contribution in [0.1, 0.15) is 11.1 Å². The van der Waals surface area contributed by atoms with Gasteiger partial charge in [-0.1, -0.05) is 60.2 Å². The van der Waals surface area contributed by atoms with Crippen molar-refractivity contribution in [2.75, 3.05) is 0 Å². The molecule has 0 atom stereocenters. The molecule has 5 nitrogen and oxygen atoms in total. The number of nitrogens with two attached hydrogens (primary N) is 1. The first-order valence-electron chi connectivity index (χ1n) is 8.49. The van der Waals surface area contributed by atoms with Crippen LogP contribution in [0.3, 0.4) is 0 Å². The van der Waals surface area contributed by atoms with Crippen LogP contribution in [0.25, 0.3) is 22.4 Å². The van der Waals surface area contributed by atoms with E-state index in [1.807, 2.05) is 48.5 Å². The molecular formula is C21H20N3O2+. The number of benzene rings is 3. The van der Waals surface area contributed by atoms with E-state index in [1.165, 1.54) is 5.56 Å². The van der Waals surface area contributed by atoms with Gasteiger partial charge in [0, 0.05) is 17.7 Å². The van der Waals surface area contributed by atoms with E-state index in [2.05, 4.69) is 31.2 Å². The second-order valence-corrected chi connectivity index (χ2v) is 6.23. The highest BCUT2D eigenvalue weighted by Crippen LogP contribution is 2.25. The van der Waals surface area contributed by atoms with Crippen molar-refractivity contribution in [2.45, 2.75) is 13.5 Å². The Bertz CT molecular complexity index is 1020. The van der Waals surface area contributed by atoms with Crippen LogP contribution in [0, 0.1) is 6.92 Å². The zero-order valence-corrected chi connectivity index (χ0v) is 14.5. The van der Waals surface area contributed by atoms with Gasteiger partial charge in [0.1, 0.15) is 12.1 Å². The quantitative estimate of drug-likeness (QED) is 0.431. The van der Waals surface area contributed by atoms with Crippen LogP contribution in [-0.2, 0) is 6.61 Å². The lowest BCUT2D eigenvalue weighted by molar-refractivity contribution is -0.825. The molecule has 0 amide bonds. The Hall–Kier alpha value is -3.15. The standard InChI is InChI=1S/C21H19N3O2/c1-15-7-9-16(10-8-15)14-26-24-20-13-18(23-25)11-12-19(20)22-21(24)17-5-3-2-4-6-17/h2-13,23,25H,14H2,1H3/p+1. The first kappa shape index (κ1) is 16.3. The minimum Gasteiger partial charge on any atom is -0.407 e. The average molecular weight is 346 g/mol. The fraction of sp³-hybridized carbons (Fsp3) is 0.0952. The van der Waals surface area contributed by atoms with Crippen molar-refractivity contribution in [1.29, 1.82) is 0 Å². The average Bonchev–Trinajstić information content (AvgIpc) is 3.06. The lowest BCUT2D eigenvalue weighted by Crippen LogP contribution is -2.73. The molecule has 130 valence electrons. The lowest BCUT2D eigenvalue weighted by atomic mass is 10.2. The Morgan fingerprint density at radius 2 is 1.77 bits per heavy atom. The number of aryl methyl sites for hydroxylation is 1. The van der Waals surface area contributed by atoms with E-state index in [1.54, 1.807) is 4.73 Å². The minimum absolute atomic E-state index is 0.429. The smallest absolute Gasteiger partial charge is 0.176 e. The third kappa shape index (κ3) is 3.18. The van der Waals surface area contributed by atoms with Crippen LogP contribution in [-0.4, -0.2) is 14.9 Å². The molecule has 3 N–H and O–H groups in total. The summed E-state index contributed by atoms with van der Waals surface area (Å²) in [6.07, 6.45) is 0. The van der Waals surface area contributed by atoms with Gasteiger partial charge in [0.05, 0.1) is 5.52 Å². The number of imidazole rings is 1. The van der Waals surface area contributed by atoms with Crippen LogP contribution in [0.2, 0.25) is 0 Å². The Labute approximate surface area is 151 Å². The molecule has 1 heterocycles. The summed E-state index contributed by atoms with van der Waals surface area (Å²) in [5.74, 6) is 0.739. The molecule has 0 aliphatic rings. The molecule has 1 aromatic heterocycles. The molecule has 0 saturated heterocycles. The highest BCUT2D eigenvalue weighted by Gasteiger charge is 2.15. The third-order valence-corrected chi connectivity index (χ3v) is 4.30. The van der Waals surface area contributed by atoms with Crippen molar-refractivity contribution in [2.24, 2.45) is 0 Å². The van der Waals surface area contributed by atoms with Gasteiger partial charge in [-0.15, -0.1) is 0 Å². The molecule has 3 aromatic carbocycles. The number of quaternary nitrogens is 1. The Morgan fingerprint density at radius 1 is 1.00 bits per heavy atom. The van der Waals surface area contributed by atoms with E-state index in [-0.39, 0.29) is 0 Å². The highest BCUT2D eigenvalue weighted by atomic mass is 16.7. The van der Waals surface area contributed by atoms with Gasteiger partial charge >= 0.3 is 0 Å². The summed E-state index contributed by atoms with van der Waals surface area (Å²) < 4.78 is 1.75. The van der Waals surface area contributed by atoms with E-state index in [0.717, 1.165) is 33.5 Å². The Morgan fingerprint density at radius 3 is 2.50 bits per heavy atom. The van der Waals surface area contributed by atoms with Crippen molar-refractivity contribution < 1.29 is 15.5 Å². The molecule has 26 heavy (non-hydrogen) atoms. The van der Waals surface area contributed by atoms with Crippen LogP contribution in [0.15, 0.2) is 72.8 Å². The summed E-state index contributed by atoms with van der Waals surface area (Å²) in [5.41, 5.74) is 6.70. The summed E-state index contributed by atoms with van der Waals surface area (Å²) in [4.78, 5) is 10.9. The Balaban J connectivity index is 1.77. The minimum atomic E-state index is 0.429. The largest absolute Gasteiger partial charge is 0.407 e. The second kappa shape index (κ2) is 7.00. The van der Waals surface area contributed by atoms with Crippen LogP contribution >= 0.6 is 0 Å². The summed E-state index contributed by atoms with van der Waals surface area (Å²) in [5, 5.41) is 9.35. The number of fused-ring (bicyclic) bond motifs is 1. The zero-order chi connectivity index (χ0) is 17.9. The molecular weight excluding hydrogens is 326 g/mol. The van der Waals surface area contributed by atoms with Gasteiger partial charge in [-0.25, -0.2) is 10.2 Å². The summed E-state index contributed by atoms with van der Waals surface area (Å²) in [7, 11) is 0. The monoisotopic (exact) mass is 346 g/mol. The van der Waals surface area contributed by atoms with Gasteiger partial charge in [0.25, 0.3) is 0 Å². The summed E-state index contributed by atoms with van der Waals surface area (Å²) in [6.45, 7) is 2.49. The maximum Gasteiger partial charge on any atom is 0.176 e. The second-order valence-electron chi connectivity index (χ2n) is 6.23. The van der Waals surface area contributed by atoms with Gasteiger partial charge in [-0.05, 0) is 18.6 Å². The topological polar surface area (TPSA) is 63.9 Å². The van der Waals surface area contributed by atoms with Crippen molar-refractivity contribution in [3.63, 3.8) is 0 Å². The molecule has 0 bridgehead atoms. The molecule has 0 aliphatic carbocycles. The lowest BCUT2D eigenvalue weighted by Gasteiger charge is -2.11. The zero-order valence-electron chi connectivity index (χ0n) is 14.5. The third-order valence-electron chi connectivity index (χ3n) is 4.30. The number of aromatic nitrogens is 2. The SMILES string of the molecule is Cc1ccc(COn2c(-c3ccccc3)nc3ccc([NH2+]O)cc32)cc1. The maximum absolute atomic E-state index is 9.35. The van der Waals surface area contributed by atoms with E-state index in [4.69, 9.17) is 9.82 Å². The Kier molecular flexibility index (Phi) is 4.39. The van der Waals surface area contributed by atoms with Gasteiger partial charge in [0.15, 0.2) is 11.5 Å². The predicted molar refractivity (Wildman–Crippen MR) is 100 cm³/mol. The predicted octanol–water partition coefficient (Wildman–Crippen LogP) is 3.22. The van der Waals surface area contributed by atoms with E-state index >= 15 is 0 Å². The number of nitrogens with zero attached hydrogens (tertiary/aromatic N) is 2. The van der Waals surface area contributed by atoms with Crippen LogP contribution in [0.4, 0.5) is 5.69 Å². The summed E-state index contributed by atoms with van der Waals surface area (Å²) >= 11 is 0. The van der Waals surface area contributed by atoms with Crippen molar-refractivity contribution in [1.82, 2.24) is 9.71 Å². The molecule has 0 fully saturated rings. The van der Waals surface area contributed by atoms with E-state index in [0.29, 0.717) is 12.3 Å². The van der Waals surface area contributed by atoms with Crippen LogP contribution in [0.5, 0.6) is 0 Å². The van der Waals surface area contributed by atoms with Crippen molar-refractivity contribution in [3.8, 4) is 11.4 Å². The van der Waals surface area contributed by atoms with Gasteiger partial charge < -0.3 is 4.84 Å². The van der Waals surface area contributed by atoms with Gasteiger partial charge in [0.2, 0.25) is 0 Å². The molecule has 5 heteroatoms. The summed E-state index contributed by atoms with van der Waals surface area (Å²) in [6, 6.07) is 23.8. The van der Waals surface area contributed by atoms with Crippen LogP contribution < -0.4 is 10.3 Å². The first-order chi connectivity index (χ1) is 12.7. The van der Waals surface area contributed by atoms with E-state index < -0.39 is 0 Å². The molecule has 0 saturated carbocycles. The van der Waals surface area contributed by atoms with Crippen molar-refractivity contribution >= 4 is 16.7 Å². The molecule has 0 spiro atoms. The van der Waals surface area contributed by atoms with Gasteiger partial charge in [-0.3, -0.25) is 0 Å². The van der Waals surface area contributed by atoms with E-state index in [9.17, 15) is 5.21 Å². The molecule has 0 radical (unpaired) electrons. The fourth-order valence-corrected chi connectivity index (χ4v) is 2.87. The number of rotatable bonds is 5. The molecule has 4 aromatic rings. The number of hydrogen-bond donors (Lipinski definition) is 2. The number of hydrogen-bond acceptors (Lipinski definition) is 3.